The van der Waals surface area contributed by atoms with Crippen molar-refractivity contribution in [3.05, 3.63) is 29.5 Å². The maximum atomic E-state index is 9.02. The van der Waals surface area contributed by atoms with Gasteiger partial charge in [-0.25, -0.2) is 0 Å². The van der Waals surface area contributed by atoms with Crippen molar-refractivity contribution in [3.63, 3.8) is 0 Å². The lowest BCUT2D eigenvalue weighted by Gasteiger charge is -2.04. The number of thioether (sulfide) groups is 1. The number of hydrogen-bond donors (Lipinski definition) is 3. The molecule has 2 heterocycles. The van der Waals surface area contributed by atoms with Gasteiger partial charge in [0.1, 0.15) is 5.04 Å². The van der Waals surface area contributed by atoms with Gasteiger partial charge in [0.25, 0.3) is 0 Å². The molecule has 0 radical (unpaired) electrons. The molecule has 3 N–H and O–H groups in total. The van der Waals surface area contributed by atoms with Crippen LogP contribution in [0.2, 0.25) is 0 Å². The fourth-order valence-electron chi connectivity index (χ4n) is 2.57. The van der Waals surface area contributed by atoms with Crippen LogP contribution < -0.4 is 5.32 Å². The molecular formula is C15H19N3OS. The number of H-pyrrole nitrogens is 1. The van der Waals surface area contributed by atoms with Gasteiger partial charge in [0.2, 0.25) is 0 Å². The molecule has 20 heavy (non-hydrogen) atoms. The molecule has 106 valence electrons. The molecule has 0 bridgehead atoms. The number of anilines is 1. The van der Waals surface area contributed by atoms with Crippen molar-refractivity contribution in [2.45, 2.75) is 18.6 Å². The quantitative estimate of drug-likeness (QED) is 0.811. The number of aromatic nitrogens is 1. The van der Waals surface area contributed by atoms with E-state index in [4.69, 9.17) is 5.11 Å². The Bertz CT molecular complexity index is 662. The molecule has 2 aromatic rings. The number of nitrogens with one attached hydrogen (secondary N) is 2. The van der Waals surface area contributed by atoms with Crippen LogP contribution in [-0.4, -0.2) is 40.6 Å². The number of aliphatic hydroxyl groups is 1. The molecule has 1 aliphatic heterocycles. The topological polar surface area (TPSA) is 60.4 Å². The molecule has 0 saturated heterocycles. The number of nitrogens with zero attached hydrogens (tertiary/aromatic N) is 1. The Kier molecular flexibility index (Phi) is 3.72. The summed E-state index contributed by atoms with van der Waals surface area (Å²) < 4.78 is 0. The SMILES string of the molecule is CNc1cc(C)cc2cc(C3=NCC(CCO)S3)[nH]c12. The third-order valence-electron chi connectivity index (χ3n) is 3.54. The lowest BCUT2D eigenvalue weighted by atomic mass is 10.1. The van der Waals surface area contributed by atoms with Crippen molar-refractivity contribution in [2.75, 3.05) is 25.5 Å². The summed E-state index contributed by atoms with van der Waals surface area (Å²) in [5.41, 5.74) is 4.56. The Hall–Kier alpha value is -1.46. The van der Waals surface area contributed by atoms with Gasteiger partial charge >= 0.3 is 0 Å². The molecule has 1 unspecified atom stereocenters. The van der Waals surface area contributed by atoms with Crippen LogP contribution in [0.1, 0.15) is 17.7 Å². The van der Waals surface area contributed by atoms with E-state index in [1.54, 1.807) is 11.8 Å². The Morgan fingerprint density at radius 3 is 3.05 bits per heavy atom. The van der Waals surface area contributed by atoms with Crippen LogP contribution >= 0.6 is 11.8 Å². The van der Waals surface area contributed by atoms with Crippen molar-refractivity contribution in [1.29, 1.82) is 0 Å². The summed E-state index contributed by atoms with van der Waals surface area (Å²) in [6, 6.07) is 6.48. The second-order valence-electron chi connectivity index (χ2n) is 5.11. The minimum absolute atomic E-state index is 0.232. The maximum Gasteiger partial charge on any atom is 0.114 e. The van der Waals surface area contributed by atoms with Crippen LogP contribution in [0.4, 0.5) is 5.69 Å². The highest BCUT2D eigenvalue weighted by molar-refractivity contribution is 8.15. The molecule has 1 atom stereocenters. The Morgan fingerprint density at radius 1 is 1.45 bits per heavy atom. The number of aromatic amines is 1. The van der Waals surface area contributed by atoms with Crippen molar-refractivity contribution >= 4 is 33.4 Å². The number of aryl methyl sites for hydroxylation is 1. The van der Waals surface area contributed by atoms with Gasteiger partial charge in [-0.3, -0.25) is 4.99 Å². The predicted molar refractivity (Wildman–Crippen MR) is 87.1 cm³/mol. The standard InChI is InChI=1S/C15H19N3OS/c1-9-5-10-7-13(18-14(10)12(6-9)16-2)15-17-8-11(20-15)3-4-19/h5-7,11,16,18-19H,3-4,8H2,1-2H3. The van der Waals surface area contributed by atoms with Gasteiger partial charge < -0.3 is 15.4 Å². The summed E-state index contributed by atoms with van der Waals surface area (Å²) in [5.74, 6) is 0. The van der Waals surface area contributed by atoms with Crippen molar-refractivity contribution < 1.29 is 5.11 Å². The van der Waals surface area contributed by atoms with E-state index in [2.05, 4.69) is 40.4 Å². The van der Waals surface area contributed by atoms with E-state index >= 15 is 0 Å². The zero-order valence-corrected chi connectivity index (χ0v) is 12.5. The number of benzene rings is 1. The molecule has 0 fully saturated rings. The van der Waals surface area contributed by atoms with Crippen LogP contribution in [-0.2, 0) is 0 Å². The van der Waals surface area contributed by atoms with Crippen LogP contribution in [0.5, 0.6) is 0 Å². The molecule has 0 aliphatic carbocycles. The molecule has 3 rings (SSSR count). The zero-order chi connectivity index (χ0) is 14.1. The van der Waals surface area contributed by atoms with E-state index in [0.29, 0.717) is 5.25 Å². The van der Waals surface area contributed by atoms with E-state index in [0.717, 1.165) is 34.9 Å². The molecule has 5 heteroatoms. The second kappa shape index (κ2) is 5.50. The predicted octanol–water partition coefficient (Wildman–Crippen LogP) is 2.76. The van der Waals surface area contributed by atoms with Gasteiger partial charge in [-0.05, 0) is 37.1 Å². The van der Waals surface area contributed by atoms with Crippen molar-refractivity contribution in [2.24, 2.45) is 4.99 Å². The molecule has 1 aromatic heterocycles. The van der Waals surface area contributed by atoms with Crippen molar-refractivity contribution in [3.8, 4) is 0 Å². The van der Waals surface area contributed by atoms with E-state index in [-0.39, 0.29) is 6.61 Å². The average Bonchev–Trinajstić information content (AvgIpc) is 3.04. The summed E-state index contributed by atoms with van der Waals surface area (Å²) >= 11 is 1.76. The zero-order valence-electron chi connectivity index (χ0n) is 11.7. The first kappa shape index (κ1) is 13.5. The second-order valence-corrected chi connectivity index (χ2v) is 6.40. The summed E-state index contributed by atoms with van der Waals surface area (Å²) in [6.45, 7) is 3.14. The third-order valence-corrected chi connectivity index (χ3v) is 4.83. The Morgan fingerprint density at radius 2 is 2.30 bits per heavy atom. The van der Waals surface area contributed by atoms with Crippen LogP contribution in [0.3, 0.4) is 0 Å². The maximum absolute atomic E-state index is 9.02. The minimum atomic E-state index is 0.232. The number of aliphatic hydroxyl groups excluding tert-OH is 1. The fraction of sp³-hybridized carbons (Fsp3) is 0.400. The average molecular weight is 289 g/mol. The normalized spacial score (nSPS) is 18.6. The van der Waals surface area contributed by atoms with Gasteiger partial charge in [0.05, 0.1) is 23.4 Å². The van der Waals surface area contributed by atoms with Crippen LogP contribution in [0.25, 0.3) is 10.9 Å². The lowest BCUT2D eigenvalue weighted by Crippen LogP contribution is -2.05. The van der Waals surface area contributed by atoms with Crippen LogP contribution in [0.15, 0.2) is 23.2 Å². The molecule has 1 aromatic carbocycles. The monoisotopic (exact) mass is 289 g/mol. The fourth-order valence-corrected chi connectivity index (χ4v) is 3.64. The summed E-state index contributed by atoms with van der Waals surface area (Å²) in [4.78, 5) is 8.07. The lowest BCUT2D eigenvalue weighted by molar-refractivity contribution is 0.288. The Balaban J connectivity index is 1.94. The number of hydrogen-bond acceptors (Lipinski definition) is 4. The Labute approximate surface area is 122 Å². The van der Waals surface area contributed by atoms with E-state index in [1.165, 1.54) is 10.9 Å². The molecule has 4 nitrogen and oxygen atoms in total. The molecule has 0 saturated carbocycles. The minimum Gasteiger partial charge on any atom is -0.396 e. The first-order valence-corrected chi connectivity index (χ1v) is 7.72. The van der Waals surface area contributed by atoms with Crippen LogP contribution in [0, 0.1) is 6.92 Å². The largest absolute Gasteiger partial charge is 0.396 e. The van der Waals surface area contributed by atoms with Gasteiger partial charge in [-0.2, -0.15) is 0 Å². The van der Waals surface area contributed by atoms with E-state index in [9.17, 15) is 0 Å². The highest BCUT2D eigenvalue weighted by atomic mass is 32.2. The van der Waals surface area contributed by atoms with Gasteiger partial charge in [0, 0.05) is 24.3 Å². The highest BCUT2D eigenvalue weighted by Gasteiger charge is 2.21. The first-order chi connectivity index (χ1) is 9.71. The van der Waals surface area contributed by atoms with Crippen molar-refractivity contribution in [1.82, 2.24) is 4.98 Å². The smallest absolute Gasteiger partial charge is 0.114 e. The number of aliphatic imine (C=N–C) groups is 1. The van der Waals surface area contributed by atoms with Gasteiger partial charge in [0.15, 0.2) is 0 Å². The molecule has 1 aliphatic rings. The summed E-state index contributed by atoms with van der Waals surface area (Å²) in [6.07, 6.45) is 0.804. The van der Waals surface area contributed by atoms with Gasteiger partial charge in [-0.15, -0.1) is 0 Å². The highest BCUT2D eigenvalue weighted by Crippen LogP contribution is 2.31. The van der Waals surface area contributed by atoms with E-state index in [1.807, 2.05) is 7.05 Å². The molecule has 0 amide bonds. The number of fused-ring (bicyclic) bond motifs is 1. The van der Waals surface area contributed by atoms with Gasteiger partial charge in [-0.1, -0.05) is 11.8 Å². The molecular weight excluding hydrogens is 270 g/mol. The van der Waals surface area contributed by atoms with E-state index < -0.39 is 0 Å². The molecule has 0 spiro atoms. The number of rotatable bonds is 4. The summed E-state index contributed by atoms with van der Waals surface area (Å²) in [5, 5.41) is 14.9. The third kappa shape index (κ3) is 2.43. The first-order valence-electron chi connectivity index (χ1n) is 6.84. The summed E-state index contributed by atoms with van der Waals surface area (Å²) in [7, 11) is 1.94.